The molecule has 2 fully saturated rings. The fourth-order valence-corrected chi connectivity index (χ4v) is 5.29. The third-order valence-corrected chi connectivity index (χ3v) is 7.43. The summed E-state index contributed by atoms with van der Waals surface area (Å²) in [6.45, 7) is 2.91. The normalized spacial score (nSPS) is 19.5. The minimum absolute atomic E-state index is 0.000183. The van der Waals surface area contributed by atoms with Gasteiger partial charge < -0.3 is 25.0 Å². The molecule has 41 heavy (non-hydrogen) atoms. The van der Waals surface area contributed by atoms with Crippen molar-refractivity contribution in [3.8, 4) is 11.5 Å². The van der Waals surface area contributed by atoms with Crippen LogP contribution in [0.3, 0.4) is 0 Å². The van der Waals surface area contributed by atoms with Crippen LogP contribution in [0.15, 0.2) is 42.0 Å². The minimum Gasteiger partial charge on any atom is -0.493 e. The van der Waals surface area contributed by atoms with E-state index in [1.165, 1.54) is 108 Å². The maximum atomic E-state index is 13.7. The second-order valence-electron chi connectivity index (χ2n) is 10.9. The Bertz CT molecular complexity index is 1160. The molecule has 0 spiro atoms. The Labute approximate surface area is 240 Å². The van der Waals surface area contributed by atoms with Crippen molar-refractivity contribution in [3.05, 3.63) is 64.7 Å². The van der Waals surface area contributed by atoms with E-state index in [-0.39, 0.29) is 29.2 Å². The highest BCUT2D eigenvalue weighted by atomic mass is 19.3. The largest absolute Gasteiger partial charge is 0.493 e. The lowest BCUT2D eigenvalue weighted by Crippen LogP contribution is -2.33. The van der Waals surface area contributed by atoms with Crippen LogP contribution in [0.25, 0.3) is 6.08 Å². The number of methoxy groups -OCH3 is 1. The first-order valence-corrected chi connectivity index (χ1v) is 14.0. The van der Waals surface area contributed by atoms with Gasteiger partial charge in [0.2, 0.25) is 0 Å². The predicted molar refractivity (Wildman–Crippen MR) is 152 cm³/mol. The first-order valence-electron chi connectivity index (χ1n) is 14.0. The number of carbonyl (C=O) groups excluding carboxylic acids is 1. The molecule has 0 radical (unpaired) electrons. The molecule has 0 atom stereocenters. The molecule has 0 aromatic heterocycles. The molecule has 4 rings (SSSR count). The molecule has 2 aromatic carbocycles. The first-order chi connectivity index (χ1) is 19.5. The molecule has 1 saturated carbocycles. The third kappa shape index (κ3) is 10.3. The van der Waals surface area contributed by atoms with Crippen molar-refractivity contribution in [1.82, 2.24) is 9.80 Å². The summed E-state index contributed by atoms with van der Waals surface area (Å²) in [7, 11) is 2.81. The van der Waals surface area contributed by atoms with Gasteiger partial charge in [0.15, 0.2) is 11.5 Å². The van der Waals surface area contributed by atoms with Gasteiger partial charge >= 0.3 is 6.61 Å². The van der Waals surface area contributed by atoms with E-state index in [1.807, 2.05) is 0 Å². The number of alkyl halides is 2. The van der Waals surface area contributed by atoms with Crippen molar-refractivity contribution in [1.29, 1.82) is 0 Å². The van der Waals surface area contributed by atoms with Gasteiger partial charge in [-0.25, -0.2) is 8.78 Å². The van der Waals surface area contributed by atoms with Crippen LogP contribution < -0.4 is 15.2 Å². The second-order valence-corrected chi connectivity index (χ2v) is 10.9. The average Bonchev–Trinajstić information content (AvgIpc) is 3.44. The molecular weight excluding hydrogens is 538 g/mol. The van der Waals surface area contributed by atoms with Crippen LogP contribution in [0, 0.1) is 17.6 Å². The number of hydrogen-bond donors (Lipinski definition) is 1. The van der Waals surface area contributed by atoms with Gasteiger partial charge in [0, 0.05) is 43.4 Å². The van der Waals surface area contributed by atoms with E-state index in [1.54, 1.807) is 6.92 Å². The summed E-state index contributed by atoms with van der Waals surface area (Å²) in [5, 5.41) is 0. The van der Waals surface area contributed by atoms with Crippen LogP contribution in [0.4, 0.5) is 17.6 Å². The molecule has 0 unspecified atom stereocenters. The van der Waals surface area contributed by atoms with Crippen molar-refractivity contribution >= 4 is 12.0 Å². The lowest BCUT2D eigenvalue weighted by molar-refractivity contribution is -0.0512. The Morgan fingerprint density at radius 1 is 1.07 bits per heavy atom. The molecular formula is C31H41F4N3O3. The zero-order valence-corrected chi connectivity index (χ0v) is 24.1. The van der Waals surface area contributed by atoms with Crippen molar-refractivity contribution in [2.45, 2.75) is 58.1 Å². The van der Waals surface area contributed by atoms with E-state index < -0.39 is 24.2 Å². The molecule has 2 N–H and O–H groups in total. The minimum atomic E-state index is -3.02. The Hall–Kier alpha value is -3.11. The maximum Gasteiger partial charge on any atom is 0.387 e. The van der Waals surface area contributed by atoms with Crippen molar-refractivity contribution in [3.63, 3.8) is 0 Å². The smallest absolute Gasteiger partial charge is 0.387 e. The summed E-state index contributed by atoms with van der Waals surface area (Å²) >= 11 is 0. The highest BCUT2D eigenvalue weighted by molar-refractivity contribution is 5.95. The Morgan fingerprint density at radius 3 is 2.37 bits per heavy atom. The van der Waals surface area contributed by atoms with E-state index in [9.17, 15) is 22.4 Å². The van der Waals surface area contributed by atoms with Gasteiger partial charge in [-0.15, -0.1) is 0 Å². The average molecular weight is 580 g/mol. The quantitative estimate of drug-likeness (QED) is 0.351. The van der Waals surface area contributed by atoms with Gasteiger partial charge in [-0.1, -0.05) is 11.6 Å². The standard InChI is InChI=1S/C20H19F4NO3.C11H22N2/c1-12(8-13-4-6-15(21)10-16(13)22)11-25(2)19(26)14-5-7-17(28-20(23)24)18(9-14)27-3;12-11-5-3-10(4-6-11)9-13-7-1-2-8-13/h4-10,20H,11H2,1-3H3;10-11H,1-9,12H2/b12-8+;. The second kappa shape index (κ2) is 15.8. The Morgan fingerprint density at radius 2 is 1.76 bits per heavy atom. The van der Waals surface area contributed by atoms with Crippen molar-refractivity contribution in [2.75, 3.05) is 40.3 Å². The molecule has 226 valence electrons. The number of nitrogens with zero attached hydrogens (tertiary/aromatic N) is 2. The molecule has 0 bridgehead atoms. The van der Waals surface area contributed by atoms with Crippen LogP contribution in [0.1, 0.15) is 61.4 Å². The zero-order valence-electron chi connectivity index (χ0n) is 24.1. The zero-order chi connectivity index (χ0) is 29.9. The number of likely N-dealkylation sites (N-methyl/N-ethyl adjacent to an activating group) is 1. The topological polar surface area (TPSA) is 68.0 Å². The fourth-order valence-electron chi connectivity index (χ4n) is 5.29. The number of likely N-dealkylation sites (tertiary alicyclic amines) is 1. The number of amides is 1. The predicted octanol–water partition coefficient (Wildman–Crippen LogP) is 6.35. The molecule has 1 heterocycles. The van der Waals surface area contributed by atoms with Gasteiger partial charge in [-0.05, 0) is 94.8 Å². The van der Waals surface area contributed by atoms with Gasteiger partial charge in [0.1, 0.15) is 11.6 Å². The number of nitrogens with two attached hydrogens (primary N) is 1. The lowest BCUT2D eigenvalue weighted by Gasteiger charge is -2.29. The van der Waals surface area contributed by atoms with Gasteiger partial charge in [-0.2, -0.15) is 8.78 Å². The summed E-state index contributed by atoms with van der Waals surface area (Å²) in [6.07, 6.45) is 9.63. The Kier molecular flexibility index (Phi) is 12.5. The van der Waals surface area contributed by atoms with Crippen LogP contribution in [-0.2, 0) is 0 Å². The molecule has 1 aliphatic carbocycles. The van der Waals surface area contributed by atoms with Crippen molar-refractivity contribution in [2.24, 2.45) is 11.7 Å². The third-order valence-electron chi connectivity index (χ3n) is 7.43. The molecule has 10 heteroatoms. The van der Waals surface area contributed by atoms with E-state index in [2.05, 4.69) is 9.64 Å². The summed E-state index contributed by atoms with van der Waals surface area (Å²) in [4.78, 5) is 16.6. The van der Waals surface area contributed by atoms with Gasteiger partial charge in [-0.3, -0.25) is 4.79 Å². The van der Waals surface area contributed by atoms with Crippen LogP contribution >= 0.6 is 0 Å². The summed E-state index contributed by atoms with van der Waals surface area (Å²) in [5.41, 5.74) is 6.96. The maximum absolute atomic E-state index is 13.7. The molecule has 6 nitrogen and oxygen atoms in total. The molecule has 2 aromatic rings. The summed E-state index contributed by atoms with van der Waals surface area (Å²) in [5.74, 6) is -0.993. The summed E-state index contributed by atoms with van der Waals surface area (Å²) in [6, 6.07) is 7.61. The number of halogens is 4. The van der Waals surface area contributed by atoms with Crippen LogP contribution in [-0.4, -0.2) is 68.7 Å². The van der Waals surface area contributed by atoms with Crippen LogP contribution in [0.5, 0.6) is 11.5 Å². The first kappa shape index (κ1) is 32.4. The van der Waals surface area contributed by atoms with Gasteiger partial charge in [0.05, 0.1) is 7.11 Å². The Balaban J connectivity index is 0.000000294. The SMILES string of the molecule is COc1cc(C(=O)N(C)C/C(C)=C/c2ccc(F)cc2F)ccc1OC(F)F.NC1CCC(CN2CCCC2)CC1. The lowest BCUT2D eigenvalue weighted by atomic mass is 9.86. The van der Waals surface area contributed by atoms with E-state index >= 15 is 0 Å². The monoisotopic (exact) mass is 579 g/mol. The number of benzene rings is 2. The van der Waals surface area contributed by atoms with Gasteiger partial charge in [0.25, 0.3) is 5.91 Å². The fraction of sp³-hybridized carbons (Fsp3) is 0.516. The number of hydrogen-bond acceptors (Lipinski definition) is 5. The highest BCUT2D eigenvalue weighted by Gasteiger charge is 2.22. The number of ether oxygens (including phenoxy) is 2. The number of rotatable bonds is 9. The van der Waals surface area contributed by atoms with E-state index in [4.69, 9.17) is 10.5 Å². The number of carbonyl (C=O) groups is 1. The molecule has 1 aliphatic heterocycles. The highest BCUT2D eigenvalue weighted by Crippen LogP contribution is 2.30. The van der Waals surface area contributed by atoms with E-state index in [0.29, 0.717) is 11.6 Å². The molecule has 2 aliphatic rings. The summed E-state index contributed by atoms with van der Waals surface area (Å²) < 4.78 is 60.8. The van der Waals surface area contributed by atoms with Crippen molar-refractivity contribution < 1.29 is 31.8 Å². The molecule has 1 amide bonds. The molecule has 1 saturated heterocycles. The van der Waals surface area contributed by atoms with E-state index in [0.717, 1.165) is 18.1 Å². The van der Waals surface area contributed by atoms with Crippen LogP contribution in [0.2, 0.25) is 0 Å².